The lowest BCUT2D eigenvalue weighted by Crippen LogP contribution is -2.39. The number of urea groups is 1. The van der Waals surface area contributed by atoms with E-state index < -0.39 is 0 Å². The number of rotatable bonds is 3. The van der Waals surface area contributed by atoms with Crippen LogP contribution in [0.1, 0.15) is 18.1 Å². The minimum atomic E-state index is -0.365. The van der Waals surface area contributed by atoms with Crippen LogP contribution in [0, 0.1) is 0 Å². The van der Waals surface area contributed by atoms with Gasteiger partial charge in [-0.05, 0) is 17.5 Å². The van der Waals surface area contributed by atoms with Crippen LogP contribution in [0.3, 0.4) is 0 Å². The Hall–Kier alpha value is -1.55. The summed E-state index contributed by atoms with van der Waals surface area (Å²) in [6.45, 7) is 2.59. The fourth-order valence-electron chi connectivity index (χ4n) is 1.30. The van der Waals surface area contributed by atoms with Gasteiger partial charge in [-0.1, -0.05) is 31.2 Å². The lowest BCUT2D eigenvalue weighted by atomic mass is 10.1. The molecule has 1 aromatic rings. The molecule has 4 nitrogen and oxygen atoms in total. The molecule has 4 N–H and O–H groups in total. The van der Waals surface area contributed by atoms with Gasteiger partial charge in [0.25, 0.3) is 0 Å². The summed E-state index contributed by atoms with van der Waals surface area (Å²) in [5.41, 5.74) is 4.39. The van der Waals surface area contributed by atoms with E-state index in [2.05, 4.69) is 18.3 Å². The van der Waals surface area contributed by atoms with Crippen molar-refractivity contribution in [2.24, 2.45) is 5.84 Å². The quantitative estimate of drug-likeness (QED) is 0.379. The molecule has 0 unspecified atom stereocenters. The van der Waals surface area contributed by atoms with Crippen molar-refractivity contribution in [3.05, 3.63) is 35.4 Å². The molecule has 76 valence electrons. The van der Waals surface area contributed by atoms with Crippen molar-refractivity contribution in [3.8, 4) is 0 Å². The largest absolute Gasteiger partial charge is 0.333 e. The molecule has 0 aliphatic rings. The summed E-state index contributed by atoms with van der Waals surface area (Å²) in [5, 5.41) is 2.65. The van der Waals surface area contributed by atoms with Crippen LogP contribution in [0.4, 0.5) is 4.79 Å². The molecule has 2 amide bonds. The minimum Gasteiger partial charge on any atom is -0.333 e. The third-order valence-corrected chi connectivity index (χ3v) is 2.07. The van der Waals surface area contributed by atoms with Crippen LogP contribution in [0.15, 0.2) is 24.3 Å². The van der Waals surface area contributed by atoms with Gasteiger partial charge in [0.05, 0.1) is 0 Å². The first kappa shape index (κ1) is 10.5. The summed E-state index contributed by atoms with van der Waals surface area (Å²) >= 11 is 0. The second kappa shape index (κ2) is 5.24. The minimum absolute atomic E-state index is 0.365. The summed E-state index contributed by atoms with van der Waals surface area (Å²) in [7, 11) is 0. The van der Waals surface area contributed by atoms with Gasteiger partial charge in [-0.25, -0.2) is 10.6 Å². The summed E-state index contributed by atoms with van der Waals surface area (Å²) in [5.74, 6) is 4.94. The summed E-state index contributed by atoms with van der Waals surface area (Å²) in [6, 6.07) is 7.63. The molecule has 0 spiro atoms. The number of hydrazine groups is 1. The number of aryl methyl sites for hydroxylation is 1. The normalized spacial score (nSPS) is 9.57. The Bertz CT molecular complexity index is 312. The average molecular weight is 193 g/mol. The molecule has 0 atom stereocenters. The van der Waals surface area contributed by atoms with Crippen molar-refractivity contribution >= 4 is 6.03 Å². The van der Waals surface area contributed by atoms with Gasteiger partial charge in [0.2, 0.25) is 0 Å². The van der Waals surface area contributed by atoms with E-state index in [0.717, 1.165) is 12.0 Å². The van der Waals surface area contributed by atoms with E-state index in [0.29, 0.717) is 6.54 Å². The first-order valence-corrected chi connectivity index (χ1v) is 4.59. The van der Waals surface area contributed by atoms with Gasteiger partial charge in [0.1, 0.15) is 0 Å². The Morgan fingerprint density at radius 1 is 1.36 bits per heavy atom. The lowest BCUT2D eigenvalue weighted by molar-refractivity contribution is 0.240. The zero-order valence-electron chi connectivity index (χ0n) is 8.21. The number of amides is 2. The monoisotopic (exact) mass is 193 g/mol. The number of nitrogens with one attached hydrogen (secondary N) is 2. The molecule has 0 aliphatic heterocycles. The van der Waals surface area contributed by atoms with Crippen molar-refractivity contribution in [2.45, 2.75) is 19.9 Å². The highest BCUT2D eigenvalue weighted by molar-refractivity contribution is 5.73. The van der Waals surface area contributed by atoms with Gasteiger partial charge < -0.3 is 5.32 Å². The van der Waals surface area contributed by atoms with Crippen LogP contribution in [0.5, 0.6) is 0 Å². The molecule has 0 radical (unpaired) electrons. The highest BCUT2D eigenvalue weighted by atomic mass is 16.2. The van der Waals surface area contributed by atoms with Crippen LogP contribution in [0.25, 0.3) is 0 Å². The Morgan fingerprint density at radius 3 is 2.57 bits per heavy atom. The van der Waals surface area contributed by atoms with Gasteiger partial charge in [-0.2, -0.15) is 0 Å². The van der Waals surface area contributed by atoms with Crippen molar-refractivity contribution in [2.75, 3.05) is 0 Å². The molecule has 4 heteroatoms. The zero-order valence-corrected chi connectivity index (χ0v) is 8.21. The maximum absolute atomic E-state index is 10.8. The molecule has 1 aromatic carbocycles. The van der Waals surface area contributed by atoms with Crippen LogP contribution in [-0.4, -0.2) is 6.03 Å². The predicted octanol–water partition coefficient (Wildman–Crippen LogP) is 0.922. The number of hydrogen-bond donors (Lipinski definition) is 3. The van der Waals surface area contributed by atoms with Crippen molar-refractivity contribution < 1.29 is 4.79 Å². The maximum Gasteiger partial charge on any atom is 0.329 e. The third kappa shape index (κ3) is 2.74. The second-order valence-electron chi connectivity index (χ2n) is 2.95. The number of nitrogens with two attached hydrogens (primary N) is 1. The molecule has 0 aliphatic carbocycles. The second-order valence-corrected chi connectivity index (χ2v) is 2.95. The molecule has 0 saturated heterocycles. The summed E-state index contributed by atoms with van der Waals surface area (Å²) in [6.07, 6.45) is 0.960. The van der Waals surface area contributed by atoms with Gasteiger partial charge >= 0.3 is 6.03 Å². The fraction of sp³-hybridized carbons (Fsp3) is 0.300. The number of carbonyl (C=O) groups is 1. The molecular formula is C10H15N3O. The Kier molecular flexibility index (Phi) is 3.94. The van der Waals surface area contributed by atoms with Crippen molar-refractivity contribution in [1.29, 1.82) is 0 Å². The van der Waals surface area contributed by atoms with Crippen LogP contribution < -0.4 is 16.6 Å². The van der Waals surface area contributed by atoms with Gasteiger partial charge in [-0.3, -0.25) is 5.43 Å². The number of benzene rings is 1. The van der Waals surface area contributed by atoms with E-state index in [9.17, 15) is 4.79 Å². The van der Waals surface area contributed by atoms with Crippen LogP contribution >= 0.6 is 0 Å². The molecule has 1 rings (SSSR count). The summed E-state index contributed by atoms with van der Waals surface area (Å²) in [4.78, 5) is 10.8. The van der Waals surface area contributed by atoms with E-state index in [1.54, 1.807) is 0 Å². The molecule has 0 bridgehead atoms. The molecule has 0 heterocycles. The van der Waals surface area contributed by atoms with Gasteiger partial charge in [-0.15, -0.1) is 0 Å². The molecule has 0 aromatic heterocycles. The smallest absolute Gasteiger partial charge is 0.329 e. The fourth-order valence-corrected chi connectivity index (χ4v) is 1.30. The van der Waals surface area contributed by atoms with Crippen LogP contribution in [-0.2, 0) is 13.0 Å². The standard InChI is InChI=1S/C10H15N3O/c1-2-8-5-3-4-6-9(8)7-12-10(14)13-11/h3-6H,2,7,11H2,1H3,(H2,12,13,14). The van der Waals surface area contributed by atoms with E-state index in [-0.39, 0.29) is 6.03 Å². The first-order chi connectivity index (χ1) is 6.77. The van der Waals surface area contributed by atoms with Crippen molar-refractivity contribution in [1.82, 2.24) is 10.7 Å². The molecule has 0 fully saturated rings. The molecule has 14 heavy (non-hydrogen) atoms. The highest BCUT2D eigenvalue weighted by Gasteiger charge is 2.01. The maximum atomic E-state index is 10.8. The van der Waals surface area contributed by atoms with Gasteiger partial charge in [0.15, 0.2) is 0 Å². The average Bonchev–Trinajstić information content (AvgIpc) is 2.26. The third-order valence-electron chi connectivity index (χ3n) is 2.07. The van der Waals surface area contributed by atoms with Gasteiger partial charge in [0, 0.05) is 6.54 Å². The van der Waals surface area contributed by atoms with E-state index in [1.807, 2.05) is 23.6 Å². The Labute approximate surface area is 83.5 Å². The molecule has 0 saturated carbocycles. The summed E-state index contributed by atoms with van der Waals surface area (Å²) < 4.78 is 0. The topological polar surface area (TPSA) is 67.2 Å². The zero-order chi connectivity index (χ0) is 10.4. The highest BCUT2D eigenvalue weighted by Crippen LogP contribution is 2.08. The van der Waals surface area contributed by atoms with E-state index >= 15 is 0 Å². The van der Waals surface area contributed by atoms with E-state index in [4.69, 9.17) is 5.84 Å². The lowest BCUT2D eigenvalue weighted by Gasteiger charge is -2.08. The SMILES string of the molecule is CCc1ccccc1CNC(=O)NN. The Morgan fingerprint density at radius 2 is 2.00 bits per heavy atom. The first-order valence-electron chi connectivity index (χ1n) is 4.59. The predicted molar refractivity (Wildman–Crippen MR) is 55.4 cm³/mol. The van der Waals surface area contributed by atoms with Crippen LogP contribution in [0.2, 0.25) is 0 Å². The number of carbonyl (C=O) groups excluding carboxylic acids is 1. The van der Waals surface area contributed by atoms with E-state index in [1.165, 1.54) is 5.56 Å². The Balaban J connectivity index is 2.61. The van der Waals surface area contributed by atoms with Crippen molar-refractivity contribution in [3.63, 3.8) is 0 Å². The number of hydrogen-bond acceptors (Lipinski definition) is 2. The molecular weight excluding hydrogens is 178 g/mol.